The summed E-state index contributed by atoms with van der Waals surface area (Å²) in [7, 11) is -3.68. The number of hydrogen-bond acceptors (Lipinski definition) is 7. The molecule has 1 amide bonds. The molecule has 7 nitrogen and oxygen atoms in total. The quantitative estimate of drug-likeness (QED) is 0.325. The molecular formula is C18H20Cl2N4O3S3. The van der Waals surface area contributed by atoms with Gasteiger partial charge in [0.25, 0.3) is 0 Å². The summed E-state index contributed by atoms with van der Waals surface area (Å²) in [5, 5.41) is 11.7. The van der Waals surface area contributed by atoms with Crippen molar-refractivity contribution in [2.24, 2.45) is 5.92 Å². The van der Waals surface area contributed by atoms with E-state index < -0.39 is 15.9 Å². The van der Waals surface area contributed by atoms with Crippen molar-refractivity contribution in [3.63, 3.8) is 0 Å². The topological polar surface area (TPSA) is 92.3 Å². The number of aromatic nitrogens is 2. The lowest BCUT2D eigenvalue weighted by molar-refractivity contribution is -0.120. The molecule has 12 heteroatoms. The van der Waals surface area contributed by atoms with Gasteiger partial charge >= 0.3 is 0 Å². The third-order valence-electron chi connectivity index (χ3n) is 4.50. The molecule has 0 aliphatic carbocycles. The van der Waals surface area contributed by atoms with E-state index in [1.807, 2.05) is 0 Å². The van der Waals surface area contributed by atoms with E-state index in [4.69, 9.17) is 23.2 Å². The standard InChI is InChI=1S/C18H20Cl2N4O3S3/c1-2-9-28-18-23-22-17(29-18)21-16(25)12-5-4-8-24(10-12)30(26,27)11-13-14(19)6-3-7-15(13)20/h2-3,6-7,12H,1,4-5,8-11H2,(H,21,22,25). The van der Waals surface area contributed by atoms with Crippen LogP contribution in [0.5, 0.6) is 0 Å². The number of carbonyl (C=O) groups is 1. The van der Waals surface area contributed by atoms with E-state index in [1.165, 1.54) is 27.4 Å². The summed E-state index contributed by atoms with van der Waals surface area (Å²) in [5.74, 6) is -0.335. The van der Waals surface area contributed by atoms with Crippen LogP contribution in [0.1, 0.15) is 18.4 Å². The number of carbonyl (C=O) groups excluding carboxylic acids is 1. The molecule has 0 bridgehead atoms. The Morgan fingerprint density at radius 2 is 2.10 bits per heavy atom. The van der Waals surface area contributed by atoms with Crippen LogP contribution >= 0.6 is 46.3 Å². The summed E-state index contributed by atoms with van der Waals surface area (Å²) in [6.45, 7) is 4.11. The summed E-state index contributed by atoms with van der Waals surface area (Å²) in [6, 6.07) is 4.87. The summed E-state index contributed by atoms with van der Waals surface area (Å²) < 4.78 is 27.9. The van der Waals surface area contributed by atoms with E-state index >= 15 is 0 Å². The molecule has 2 aromatic rings. The van der Waals surface area contributed by atoms with Crippen molar-refractivity contribution in [1.82, 2.24) is 14.5 Å². The van der Waals surface area contributed by atoms with Gasteiger partial charge in [0.15, 0.2) is 4.34 Å². The lowest BCUT2D eigenvalue weighted by Gasteiger charge is -2.31. The highest BCUT2D eigenvalue weighted by Crippen LogP contribution is 2.30. The van der Waals surface area contributed by atoms with Gasteiger partial charge in [-0.3, -0.25) is 4.79 Å². The molecule has 1 N–H and O–H groups in total. The highest BCUT2D eigenvalue weighted by molar-refractivity contribution is 8.01. The number of rotatable bonds is 8. The van der Waals surface area contributed by atoms with Crippen LogP contribution in [-0.2, 0) is 20.6 Å². The normalized spacial score (nSPS) is 17.6. The van der Waals surface area contributed by atoms with E-state index in [0.29, 0.717) is 45.9 Å². The monoisotopic (exact) mass is 506 g/mol. The number of nitrogens with one attached hydrogen (secondary N) is 1. The van der Waals surface area contributed by atoms with Gasteiger partial charge in [0.05, 0.1) is 11.7 Å². The summed E-state index contributed by atoms with van der Waals surface area (Å²) in [6.07, 6.45) is 2.95. The molecule has 1 unspecified atom stereocenters. The number of halogens is 2. The molecule has 30 heavy (non-hydrogen) atoms. The largest absolute Gasteiger partial charge is 0.300 e. The molecular weight excluding hydrogens is 487 g/mol. The smallest absolute Gasteiger partial charge is 0.230 e. The molecule has 1 aliphatic rings. The molecule has 1 saturated heterocycles. The lowest BCUT2D eigenvalue weighted by Crippen LogP contribution is -2.44. The second-order valence-corrected chi connectivity index (χ2v) is 11.6. The van der Waals surface area contributed by atoms with Gasteiger partial charge < -0.3 is 5.32 Å². The minimum atomic E-state index is -3.68. The van der Waals surface area contributed by atoms with E-state index in [9.17, 15) is 13.2 Å². The first-order valence-corrected chi connectivity index (χ1v) is 13.3. The zero-order valence-electron chi connectivity index (χ0n) is 15.9. The van der Waals surface area contributed by atoms with Crippen LogP contribution in [0.2, 0.25) is 10.0 Å². The maximum atomic E-state index is 12.9. The predicted molar refractivity (Wildman–Crippen MR) is 123 cm³/mol. The van der Waals surface area contributed by atoms with E-state index in [1.54, 1.807) is 24.3 Å². The Kier molecular flexibility index (Phi) is 8.17. The highest BCUT2D eigenvalue weighted by atomic mass is 35.5. The van der Waals surface area contributed by atoms with Crippen LogP contribution in [0.25, 0.3) is 0 Å². The van der Waals surface area contributed by atoms with Crippen LogP contribution < -0.4 is 5.32 Å². The molecule has 1 fully saturated rings. The van der Waals surface area contributed by atoms with Crippen molar-refractivity contribution in [3.05, 3.63) is 46.5 Å². The lowest BCUT2D eigenvalue weighted by atomic mass is 9.99. The molecule has 0 saturated carbocycles. The Hall–Kier alpha value is -1.17. The third-order valence-corrected chi connectivity index (χ3v) is 8.95. The fourth-order valence-corrected chi connectivity index (χ4v) is 6.89. The molecule has 0 radical (unpaired) electrons. The predicted octanol–water partition coefficient (Wildman–Crippen LogP) is 4.30. The van der Waals surface area contributed by atoms with Crippen molar-refractivity contribution >= 4 is 67.4 Å². The Bertz CT molecular complexity index is 1010. The zero-order valence-corrected chi connectivity index (χ0v) is 19.8. The number of piperidine rings is 1. The van der Waals surface area contributed by atoms with Crippen molar-refractivity contribution < 1.29 is 13.2 Å². The summed E-state index contributed by atoms with van der Waals surface area (Å²) in [5.41, 5.74) is 0.367. The van der Waals surface area contributed by atoms with Gasteiger partial charge in [-0.1, -0.05) is 58.4 Å². The molecule has 162 valence electrons. The maximum absolute atomic E-state index is 12.9. The molecule has 1 aromatic carbocycles. The zero-order chi connectivity index (χ0) is 21.7. The minimum Gasteiger partial charge on any atom is -0.300 e. The minimum absolute atomic E-state index is 0.104. The van der Waals surface area contributed by atoms with Gasteiger partial charge in [-0.15, -0.1) is 16.8 Å². The first kappa shape index (κ1) is 23.5. The number of sulfonamides is 1. The number of nitrogens with zero attached hydrogens (tertiary/aromatic N) is 3. The van der Waals surface area contributed by atoms with Crippen LogP contribution in [0.4, 0.5) is 5.13 Å². The fraction of sp³-hybridized carbons (Fsp3) is 0.389. The number of hydrogen-bond donors (Lipinski definition) is 1. The van der Waals surface area contributed by atoms with Crippen molar-refractivity contribution in [3.8, 4) is 0 Å². The number of amides is 1. The molecule has 2 heterocycles. The number of benzene rings is 1. The van der Waals surface area contributed by atoms with Crippen molar-refractivity contribution in [1.29, 1.82) is 0 Å². The second-order valence-electron chi connectivity index (χ2n) is 6.62. The fourth-order valence-electron chi connectivity index (χ4n) is 3.01. The third kappa shape index (κ3) is 5.95. The van der Waals surface area contributed by atoms with E-state index in [2.05, 4.69) is 22.1 Å². The van der Waals surface area contributed by atoms with Gasteiger partial charge in [0.2, 0.25) is 21.1 Å². The van der Waals surface area contributed by atoms with E-state index in [-0.39, 0.29) is 18.2 Å². The van der Waals surface area contributed by atoms with Crippen LogP contribution in [0.3, 0.4) is 0 Å². The molecule has 1 aromatic heterocycles. The first-order valence-electron chi connectivity index (χ1n) is 9.09. The second kappa shape index (κ2) is 10.4. The molecule has 1 atom stereocenters. The van der Waals surface area contributed by atoms with Crippen molar-refractivity contribution in [2.75, 3.05) is 24.2 Å². The van der Waals surface area contributed by atoms with Gasteiger partial charge in [-0.2, -0.15) is 0 Å². The highest BCUT2D eigenvalue weighted by Gasteiger charge is 2.33. The summed E-state index contributed by atoms with van der Waals surface area (Å²) >= 11 is 15.0. The van der Waals surface area contributed by atoms with Crippen molar-refractivity contribution in [2.45, 2.75) is 22.9 Å². The molecule has 0 spiro atoms. The first-order chi connectivity index (χ1) is 14.3. The van der Waals surface area contributed by atoms with Crippen LogP contribution in [0.15, 0.2) is 35.2 Å². The van der Waals surface area contributed by atoms with Crippen LogP contribution in [-0.4, -0.2) is 47.7 Å². The Morgan fingerprint density at radius 1 is 1.37 bits per heavy atom. The van der Waals surface area contributed by atoms with Gasteiger partial charge in [0.1, 0.15) is 0 Å². The van der Waals surface area contributed by atoms with Crippen LogP contribution in [0, 0.1) is 5.92 Å². The average molecular weight is 507 g/mol. The number of thioether (sulfide) groups is 1. The maximum Gasteiger partial charge on any atom is 0.230 e. The Balaban J connectivity index is 1.64. The Morgan fingerprint density at radius 3 is 2.80 bits per heavy atom. The average Bonchev–Trinajstić information content (AvgIpc) is 3.16. The van der Waals surface area contributed by atoms with Gasteiger partial charge in [0, 0.05) is 34.5 Å². The molecule has 1 aliphatic heterocycles. The number of anilines is 1. The Labute approximate surface area is 193 Å². The van der Waals surface area contributed by atoms with E-state index in [0.717, 1.165) is 4.34 Å². The summed E-state index contributed by atoms with van der Waals surface area (Å²) in [4.78, 5) is 12.7. The van der Waals surface area contributed by atoms with Gasteiger partial charge in [-0.05, 0) is 25.0 Å². The molecule has 3 rings (SSSR count). The SMILES string of the molecule is C=CCSc1nnc(NC(=O)C2CCCN(S(=O)(=O)Cc3c(Cl)cccc3Cl)C2)s1. The van der Waals surface area contributed by atoms with Gasteiger partial charge in [-0.25, -0.2) is 12.7 Å².